The summed E-state index contributed by atoms with van der Waals surface area (Å²) in [7, 11) is 0. The van der Waals surface area contributed by atoms with Crippen molar-refractivity contribution < 1.29 is 23.9 Å². The maximum atomic E-state index is 12.3. The summed E-state index contributed by atoms with van der Waals surface area (Å²) < 4.78 is 10.3. The number of aromatic nitrogens is 1. The number of aldehydes is 1. The standard InChI is InChI=1S/C18H25NO5/c1-6-10-23-15(21)9-7-8-13-12(2)14(11-20)19-16(13)17(22)24-18(3,4)5/h6,11,19H,1,7-10H2,2-5H3. The van der Waals surface area contributed by atoms with Gasteiger partial charge >= 0.3 is 11.9 Å². The fraction of sp³-hybridized carbons (Fsp3) is 0.500. The Morgan fingerprint density at radius 3 is 2.50 bits per heavy atom. The quantitative estimate of drug-likeness (QED) is 0.448. The minimum atomic E-state index is -0.636. The Morgan fingerprint density at radius 2 is 1.96 bits per heavy atom. The second-order valence-corrected chi connectivity index (χ2v) is 6.46. The number of aromatic amines is 1. The van der Waals surface area contributed by atoms with Crippen molar-refractivity contribution in [1.29, 1.82) is 0 Å². The van der Waals surface area contributed by atoms with Crippen LogP contribution in [-0.4, -0.2) is 35.4 Å². The van der Waals surface area contributed by atoms with Gasteiger partial charge in [0.25, 0.3) is 0 Å². The third-order valence-electron chi connectivity index (χ3n) is 3.31. The summed E-state index contributed by atoms with van der Waals surface area (Å²) in [6.07, 6.45) is 3.37. The van der Waals surface area contributed by atoms with Gasteiger partial charge in [0.2, 0.25) is 0 Å². The first-order chi connectivity index (χ1) is 11.2. The third kappa shape index (κ3) is 5.68. The van der Waals surface area contributed by atoms with E-state index in [1.54, 1.807) is 27.7 Å². The summed E-state index contributed by atoms with van der Waals surface area (Å²) in [5, 5.41) is 0. The Morgan fingerprint density at radius 1 is 1.29 bits per heavy atom. The minimum absolute atomic E-state index is 0.181. The van der Waals surface area contributed by atoms with Crippen molar-refractivity contribution >= 4 is 18.2 Å². The molecular formula is C18H25NO5. The van der Waals surface area contributed by atoms with Crippen LogP contribution in [0.1, 0.15) is 65.7 Å². The van der Waals surface area contributed by atoms with E-state index in [-0.39, 0.29) is 24.7 Å². The van der Waals surface area contributed by atoms with Crippen LogP contribution in [0.5, 0.6) is 0 Å². The van der Waals surface area contributed by atoms with Crippen molar-refractivity contribution in [2.24, 2.45) is 0 Å². The molecule has 0 atom stereocenters. The van der Waals surface area contributed by atoms with Crippen molar-refractivity contribution in [3.05, 3.63) is 35.2 Å². The normalized spacial score (nSPS) is 11.0. The van der Waals surface area contributed by atoms with Gasteiger partial charge in [-0.3, -0.25) is 9.59 Å². The van der Waals surface area contributed by atoms with Gasteiger partial charge in [-0.05, 0) is 51.7 Å². The van der Waals surface area contributed by atoms with E-state index < -0.39 is 11.6 Å². The second-order valence-electron chi connectivity index (χ2n) is 6.46. The third-order valence-corrected chi connectivity index (χ3v) is 3.31. The molecule has 0 amide bonds. The predicted molar refractivity (Wildman–Crippen MR) is 90.2 cm³/mol. The Hall–Kier alpha value is -2.37. The van der Waals surface area contributed by atoms with Crippen molar-refractivity contribution in [3.8, 4) is 0 Å². The molecule has 1 heterocycles. The number of nitrogens with one attached hydrogen (secondary N) is 1. The Labute approximate surface area is 142 Å². The summed E-state index contributed by atoms with van der Waals surface area (Å²) in [4.78, 5) is 37.8. The monoisotopic (exact) mass is 335 g/mol. The molecule has 132 valence electrons. The largest absolute Gasteiger partial charge is 0.461 e. The van der Waals surface area contributed by atoms with Gasteiger partial charge in [-0.25, -0.2) is 4.79 Å². The van der Waals surface area contributed by atoms with Crippen LogP contribution in [0.25, 0.3) is 0 Å². The fourth-order valence-corrected chi connectivity index (χ4v) is 2.22. The van der Waals surface area contributed by atoms with E-state index in [0.717, 1.165) is 0 Å². The molecule has 1 aromatic heterocycles. The van der Waals surface area contributed by atoms with E-state index >= 15 is 0 Å². The van der Waals surface area contributed by atoms with E-state index in [9.17, 15) is 14.4 Å². The number of carbonyl (C=O) groups excluding carboxylic acids is 3. The number of carbonyl (C=O) groups is 3. The molecule has 0 saturated heterocycles. The average Bonchev–Trinajstić information content (AvgIpc) is 2.80. The van der Waals surface area contributed by atoms with Crippen LogP contribution >= 0.6 is 0 Å². The van der Waals surface area contributed by atoms with Crippen LogP contribution < -0.4 is 0 Å². The van der Waals surface area contributed by atoms with Crippen molar-refractivity contribution in [3.63, 3.8) is 0 Å². The highest BCUT2D eigenvalue weighted by Gasteiger charge is 2.24. The van der Waals surface area contributed by atoms with Crippen LogP contribution in [0.2, 0.25) is 0 Å². The number of esters is 2. The van der Waals surface area contributed by atoms with Gasteiger partial charge in [0, 0.05) is 6.42 Å². The van der Waals surface area contributed by atoms with Gasteiger partial charge in [0.15, 0.2) is 6.29 Å². The Balaban J connectivity index is 2.86. The Bertz CT molecular complexity index is 622. The molecule has 0 fully saturated rings. The van der Waals surface area contributed by atoms with Crippen LogP contribution in [-0.2, 0) is 20.7 Å². The summed E-state index contributed by atoms with van der Waals surface area (Å²) >= 11 is 0. The maximum absolute atomic E-state index is 12.3. The van der Waals surface area contributed by atoms with Crippen LogP contribution in [0.4, 0.5) is 0 Å². The topological polar surface area (TPSA) is 85.5 Å². The van der Waals surface area contributed by atoms with E-state index in [1.165, 1.54) is 6.08 Å². The molecule has 0 radical (unpaired) electrons. The zero-order valence-electron chi connectivity index (χ0n) is 14.7. The first-order valence-electron chi connectivity index (χ1n) is 7.86. The lowest BCUT2D eigenvalue weighted by Crippen LogP contribution is -2.24. The minimum Gasteiger partial charge on any atom is -0.461 e. The zero-order valence-corrected chi connectivity index (χ0v) is 14.7. The van der Waals surface area contributed by atoms with Crippen LogP contribution in [0, 0.1) is 6.92 Å². The molecule has 0 aliphatic carbocycles. The molecule has 0 bridgehead atoms. The molecule has 1 rings (SSSR count). The first-order valence-corrected chi connectivity index (χ1v) is 7.86. The van der Waals surface area contributed by atoms with Crippen molar-refractivity contribution in [2.45, 2.75) is 52.6 Å². The Kier molecular flexibility index (Phi) is 6.95. The van der Waals surface area contributed by atoms with E-state index in [2.05, 4.69) is 11.6 Å². The second kappa shape index (κ2) is 8.47. The van der Waals surface area contributed by atoms with Crippen LogP contribution in [0.15, 0.2) is 12.7 Å². The molecule has 6 heteroatoms. The summed E-state index contributed by atoms with van der Waals surface area (Å²) in [6.45, 7) is 10.7. The molecular weight excluding hydrogens is 310 g/mol. The smallest absolute Gasteiger partial charge is 0.355 e. The first kappa shape index (κ1) is 19.7. The van der Waals surface area contributed by atoms with Gasteiger partial charge in [-0.15, -0.1) is 0 Å². The molecule has 24 heavy (non-hydrogen) atoms. The number of hydrogen-bond acceptors (Lipinski definition) is 5. The van der Waals surface area contributed by atoms with Gasteiger partial charge < -0.3 is 14.5 Å². The molecule has 1 aromatic rings. The van der Waals surface area contributed by atoms with Gasteiger partial charge in [0.05, 0.1) is 5.69 Å². The van der Waals surface area contributed by atoms with E-state index in [0.29, 0.717) is 35.9 Å². The lowest BCUT2D eigenvalue weighted by molar-refractivity contribution is -0.142. The van der Waals surface area contributed by atoms with Crippen LogP contribution in [0.3, 0.4) is 0 Å². The van der Waals surface area contributed by atoms with Crippen molar-refractivity contribution in [2.75, 3.05) is 6.61 Å². The zero-order chi connectivity index (χ0) is 18.3. The van der Waals surface area contributed by atoms with E-state index in [1.807, 2.05) is 0 Å². The summed E-state index contributed by atoms with van der Waals surface area (Å²) in [5.74, 6) is -0.833. The van der Waals surface area contributed by atoms with Gasteiger partial charge in [-0.1, -0.05) is 12.7 Å². The highest BCUT2D eigenvalue weighted by Crippen LogP contribution is 2.22. The average molecular weight is 335 g/mol. The van der Waals surface area contributed by atoms with E-state index in [4.69, 9.17) is 9.47 Å². The van der Waals surface area contributed by atoms with Gasteiger partial charge in [0.1, 0.15) is 17.9 Å². The highest BCUT2D eigenvalue weighted by atomic mass is 16.6. The number of H-pyrrole nitrogens is 1. The lowest BCUT2D eigenvalue weighted by atomic mass is 10.0. The molecule has 0 saturated carbocycles. The maximum Gasteiger partial charge on any atom is 0.355 e. The van der Waals surface area contributed by atoms with Crippen molar-refractivity contribution in [1.82, 2.24) is 4.98 Å². The fourth-order valence-electron chi connectivity index (χ4n) is 2.22. The molecule has 0 aliphatic heterocycles. The van der Waals surface area contributed by atoms with Gasteiger partial charge in [-0.2, -0.15) is 0 Å². The number of hydrogen-bond donors (Lipinski definition) is 1. The highest BCUT2D eigenvalue weighted by molar-refractivity contribution is 5.92. The molecule has 0 unspecified atom stereocenters. The summed E-state index contributed by atoms with van der Waals surface area (Å²) in [6, 6.07) is 0. The predicted octanol–water partition coefficient (Wildman–Crippen LogP) is 3.14. The lowest BCUT2D eigenvalue weighted by Gasteiger charge is -2.19. The molecule has 1 N–H and O–H groups in total. The summed E-state index contributed by atoms with van der Waals surface area (Å²) in [5.41, 5.74) is 1.38. The SMILES string of the molecule is C=CCOC(=O)CCCc1c(C(=O)OC(C)(C)C)[nH]c(C=O)c1C. The molecule has 0 aliphatic rings. The number of ether oxygens (including phenoxy) is 2. The molecule has 0 spiro atoms. The number of rotatable bonds is 8. The molecule has 0 aromatic carbocycles. The molecule has 6 nitrogen and oxygen atoms in total.